The summed E-state index contributed by atoms with van der Waals surface area (Å²) in [7, 11) is 0. The molecule has 0 atom stereocenters. The standard InChI is InChI=1S/C21H25N5O3S/c1-5-26(6-2)15-8-7-14(16(27)9-15)11-22-25-18(28)10-17-23-20(29)19-12(3)13(4)30-21(19)24-17/h7-9,11,27H,5-6,10H2,1-4H3,(H,25,28)(H,23,24,29)/b22-11+. The minimum Gasteiger partial charge on any atom is -0.507 e. The van der Waals surface area contributed by atoms with E-state index in [-0.39, 0.29) is 23.6 Å². The number of nitrogens with zero attached hydrogens (tertiary/aromatic N) is 3. The monoisotopic (exact) mass is 427 g/mol. The number of aromatic nitrogens is 2. The number of H-pyrrole nitrogens is 1. The number of benzene rings is 1. The van der Waals surface area contributed by atoms with Gasteiger partial charge in [0.1, 0.15) is 16.4 Å². The van der Waals surface area contributed by atoms with Crippen LogP contribution in [0.5, 0.6) is 5.75 Å². The number of nitrogens with one attached hydrogen (secondary N) is 2. The molecule has 2 heterocycles. The number of hydrazone groups is 1. The van der Waals surface area contributed by atoms with Crippen LogP contribution in [0.25, 0.3) is 10.2 Å². The van der Waals surface area contributed by atoms with Crippen LogP contribution < -0.4 is 15.9 Å². The smallest absolute Gasteiger partial charge is 0.259 e. The van der Waals surface area contributed by atoms with E-state index in [2.05, 4.69) is 25.4 Å². The fraction of sp³-hybridized carbons (Fsp3) is 0.333. The van der Waals surface area contributed by atoms with Crippen molar-refractivity contribution in [2.75, 3.05) is 18.0 Å². The average molecular weight is 428 g/mol. The number of carbonyl (C=O) groups excluding carboxylic acids is 1. The lowest BCUT2D eigenvalue weighted by atomic mass is 10.2. The normalized spacial score (nSPS) is 11.3. The molecule has 0 saturated carbocycles. The third-order valence-electron chi connectivity index (χ3n) is 4.95. The van der Waals surface area contributed by atoms with Crippen LogP contribution in [0, 0.1) is 13.8 Å². The van der Waals surface area contributed by atoms with E-state index >= 15 is 0 Å². The average Bonchev–Trinajstić information content (AvgIpc) is 2.98. The minimum absolute atomic E-state index is 0.0808. The minimum atomic E-state index is -0.419. The quantitative estimate of drug-likeness (QED) is 0.397. The fourth-order valence-electron chi connectivity index (χ4n) is 3.18. The van der Waals surface area contributed by atoms with Gasteiger partial charge in [0.2, 0.25) is 5.91 Å². The molecular formula is C21H25N5O3S. The van der Waals surface area contributed by atoms with Crippen molar-refractivity contribution in [2.45, 2.75) is 34.1 Å². The first-order chi connectivity index (χ1) is 14.3. The van der Waals surface area contributed by atoms with E-state index in [1.807, 2.05) is 33.8 Å². The number of hydrogen-bond acceptors (Lipinski definition) is 7. The van der Waals surface area contributed by atoms with Crippen molar-refractivity contribution in [2.24, 2.45) is 5.10 Å². The molecule has 3 N–H and O–H groups in total. The summed E-state index contributed by atoms with van der Waals surface area (Å²) < 4.78 is 0. The van der Waals surface area contributed by atoms with Crippen molar-refractivity contribution in [1.29, 1.82) is 0 Å². The number of aromatic amines is 1. The molecule has 0 unspecified atom stereocenters. The summed E-state index contributed by atoms with van der Waals surface area (Å²) in [6, 6.07) is 5.31. The van der Waals surface area contributed by atoms with Crippen molar-refractivity contribution in [3.63, 3.8) is 0 Å². The summed E-state index contributed by atoms with van der Waals surface area (Å²) in [5.74, 6) is -0.0526. The van der Waals surface area contributed by atoms with Crippen LogP contribution in [0.1, 0.15) is 35.7 Å². The summed E-state index contributed by atoms with van der Waals surface area (Å²) in [5, 5.41) is 14.7. The Morgan fingerprint density at radius 2 is 2.07 bits per heavy atom. The number of phenols is 1. The third-order valence-corrected chi connectivity index (χ3v) is 6.05. The predicted octanol–water partition coefficient (Wildman–Crippen LogP) is 2.85. The molecule has 0 radical (unpaired) electrons. The Labute approximate surface area is 178 Å². The molecule has 1 amide bonds. The van der Waals surface area contributed by atoms with Gasteiger partial charge in [0, 0.05) is 35.3 Å². The zero-order valence-corrected chi connectivity index (χ0v) is 18.3. The SMILES string of the molecule is CCN(CC)c1ccc(/C=N/NC(=O)Cc2nc3sc(C)c(C)c3c(=O)[nH]2)c(O)c1. The van der Waals surface area contributed by atoms with Crippen LogP contribution in [0.15, 0.2) is 28.1 Å². The summed E-state index contributed by atoms with van der Waals surface area (Å²) in [6.45, 7) is 9.60. The van der Waals surface area contributed by atoms with Gasteiger partial charge in [-0.05, 0) is 45.4 Å². The summed E-state index contributed by atoms with van der Waals surface area (Å²) in [4.78, 5) is 35.3. The number of aromatic hydroxyl groups is 1. The van der Waals surface area contributed by atoms with Crippen LogP contribution in [-0.2, 0) is 11.2 Å². The highest BCUT2D eigenvalue weighted by Crippen LogP contribution is 2.26. The second kappa shape index (κ2) is 9.08. The Kier molecular flexibility index (Phi) is 6.51. The molecule has 3 rings (SSSR count). The molecule has 2 aromatic heterocycles. The van der Waals surface area contributed by atoms with E-state index < -0.39 is 5.91 Å². The number of phenolic OH excluding ortho intramolecular Hbond substituents is 1. The highest BCUT2D eigenvalue weighted by Gasteiger charge is 2.13. The molecule has 0 saturated heterocycles. The maximum Gasteiger partial charge on any atom is 0.259 e. The van der Waals surface area contributed by atoms with Crippen molar-refractivity contribution >= 4 is 39.4 Å². The molecule has 0 aliphatic heterocycles. The number of thiophene rings is 1. The molecule has 0 fully saturated rings. The van der Waals surface area contributed by atoms with Crippen LogP contribution in [0.3, 0.4) is 0 Å². The lowest BCUT2D eigenvalue weighted by Gasteiger charge is -2.21. The second-order valence-electron chi connectivity index (χ2n) is 6.86. The summed E-state index contributed by atoms with van der Waals surface area (Å²) in [5.41, 5.74) is 4.48. The Bertz CT molecular complexity index is 1160. The van der Waals surface area contributed by atoms with Gasteiger partial charge < -0.3 is 15.0 Å². The van der Waals surface area contributed by atoms with Gasteiger partial charge in [-0.3, -0.25) is 9.59 Å². The van der Waals surface area contributed by atoms with Crippen LogP contribution in [-0.4, -0.2) is 40.3 Å². The highest BCUT2D eigenvalue weighted by atomic mass is 32.1. The maximum absolute atomic E-state index is 12.3. The second-order valence-corrected chi connectivity index (χ2v) is 8.06. The lowest BCUT2D eigenvalue weighted by Crippen LogP contribution is -2.23. The van der Waals surface area contributed by atoms with E-state index in [0.717, 1.165) is 29.2 Å². The number of hydrogen-bond donors (Lipinski definition) is 3. The largest absolute Gasteiger partial charge is 0.507 e. The zero-order chi connectivity index (χ0) is 21.8. The van der Waals surface area contributed by atoms with Gasteiger partial charge in [0.05, 0.1) is 18.0 Å². The maximum atomic E-state index is 12.3. The van der Waals surface area contributed by atoms with Crippen molar-refractivity contribution < 1.29 is 9.90 Å². The van der Waals surface area contributed by atoms with E-state index in [1.165, 1.54) is 17.6 Å². The molecular weight excluding hydrogens is 402 g/mol. The van der Waals surface area contributed by atoms with Crippen LogP contribution in [0.2, 0.25) is 0 Å². The van der Waals surface area contributed by atoms with Gasteiger partial charge in [-0.25, -0.2) is 10.4 Å². The highest BCUT2D eigenvalue weighted by molar-refractivity contribution is 7.18. The number of aryl methyl sites for hydroxylation is 2. The number of fused-ring (bicyclic) bond motifs is 1. The molecule has 9 heteroatoms. The van der Waals surface area contributed by atoms with E-state index in [4.69, 9.17) is 0 Å². The fourth-order valence-corrected chi connectivity index (χ4v) is 4.22. The molecule has 1 aromatic carbocycles. The lowest BCUT2D eigenvalue weighted by molar-refractivity contribution is -0.120. The molecule has 30 heavy (non-hydrogen) atoms. The Balaban J connectivity index is 1.67. The molecule has 0 bridgehead atoms. The summed E-state index contributed by atoms with van der Waals surface area (Å²) in [6.07, 6.45) is 1.27. The number of rotatable bonds is 7. The van der Waals surface area contributed by atoms with Crippen molar-refractivity contribution in [1.82, 2.24) is 15.4 Å². The number of amides is 1. The van der Waals surface area contributed by atoms with Crippen molar-refractivity contribution in [3.8, 4) is 5.75 Å². The van der Waals surface area contributed by atoms with Gasteiger partial charge >= 0.3 is 0 Å². The molecule has 0 spiro atoms. The first-order valence-corrected chi connectivity index (χ1v) is 10.5. The first-order valence-electron chi connectivity index (χ1n) is 9.72. The molecule has 158 valence electrons. The van der Waals surface area contributed by atoms with E-state index in [1.54, 1.807) is 12.1 Å². The third kappa shape index (κ3) is 4.51. The first kappa shape index (κ1) is 21.5. The van der Waals surface area contributed by atoms with Crippen LogP contribution in [0.4, 0.5) is 5.69 Å². The molecule has 3 aromatic rings. The Morgan fingerprint density at radius 3 is 2.73 bits per heavy atom. The predicted molar refractivity (Wildman–Crippen MR) is 121 cm³/mol. The topological polar surface area (TPSA) is 111 Å². The number of anilines is 1. The Morgan fingerprint density at radius 1 is 1.33 bits per heavy atom. The van der Waals surface area contributed by atoms with Gasteiger partial charge in [-0.1, -0.05) is 0 Å². The Hall–Kier alpha value is -3.20. The van der Waals surface area contributed by atoms with Gasteiger partial charge in [0.15, 0.2) is 0 Å². The van der Waals surface area contributed by atoms with Gasteiger partial charge in [0.25, 0.3) is 5.56 Å². The van der Waals surface area contributed by atoms with E-state index in [0.29, 0.717) is 15.8 Å². The molecule has 0 aliphatic carbocycles. The van der Waals surface area contributed by atoms with E-state index in [9.17, 15) is 14.7 Å². The summed E-state index contributed by atoms with van der Waals surface area (Å²) >= 11 is 1.43. The zero-order valence-electron chi connectivity index (χ0n) is 17.4. The molecule has 0 aliphatic rings. The molecule has 8 nitrogen and oxygen atoms in total. The van der Waals surface area contributed by atoms with Gasteiger partial charge in [-0.2, -0.15) is 5.10 Å². The number of carbonyl (C=O) groups is 1. The van der Waals surface area contributed by atoms with Crippen LogP contribution >= 0.6 is 11.3 Å². The van der Waals surface area contributed by atoms with Crippen molar-refractivity contribution in [3.05, 3.63) is 50.4 Å². The van der Waals surface area contributed by atoms with Gasteiger partial charge in [-0.15, -0.1) is 11.3 Å².